The number of fused-ring (bicyclic) bond motifs is 2. The Morgan fingerprint density at radius 1 is 1.57 bits per heavy atom. The highest BCUT2D eigenvalue weighted by Crippen LogP contribution is 2.54. The molecule has 3 nitrogen and oxygen atoms in total. The van der Waals surface area contributed by atoms with Crippen molar-refractivity contribution in [1.29, 1.82) is 5.26 Å². The number of nitrogens with two attached hydrogens (primary N) is 1. The first-order valence-corrected chi connectivity index (χ1v) is 6.26. The third-order valence-electron chi connectivity index (χ3n) is 2.84. The van der Waals surface area contributed by atoms with Gasteiger partial charge in [0, 0.05) is 34.7 Å². The van der Waals surface area contributed by atoms with Gasteiger partial charge in [0.05, 0.1) is 10.3 Å². The smallest absolute Gasteiger partial charge is 0.100 e. The fourth-order valence-corrected chi connectivity index (χ4v) is 5.03. The summed E-state index contributed by atoms with van der Waals surface area (Å²) in [6.07, 6.45) is 0. The summed E-state index contributed by atoms with van der Waals surface area (Å²) in [5.74, 6) is 6.74. The lowest BCUT2D eigenvalue weighted by Crippen LogP contribution is -2.59. The quantitative estimate of drug-likeness (QED) is 0.673. The highest BCUT2D eigenvalue weighted by atomic mass is 32.2. The Morgan fingerprint density at radius 3 is 3.00 bits per heavy atom. The largest absolute Gasteiger partial charge is 0.269 e. The van der Waals surface area contributed by atoms with E-state index in [-0.39, 0.29) is 4.75 Å². The van der Waals surface area contributed by atoms with E-state index in [4.69, 9.17) is 11.1 Å². The van der Waals surface area contributed by atoms with E-state index in [1.807, 2.05) is 22.2 Å². The molecule has 3 heterocycles. The molecule has 1 spiro atoms. The summed E-state index contributed by atoms with van der Waals surface area (Å²) in [5, 5.41) is 12.8. The zero-order valence-corrected chi connectivity index (χ0v) is 9.12. The Morgan fingerprint density at radius 2 is 2.36 bits per heavy atom. The fraction of sp³-hybridized carbons (Fsp3) is 0.444. The van der Waals surface area contributed by atoms with Crippen molar-refractivity contribution in [2.75, 3.05) is 13.1 Å². The predicted molar refractivity (Wildman–Crippen MR) is 57.8 cm³/mol. The van der Waals surface area contributed by atoms with E-state index in [0.29, 0.717) is 0 Å². The van der Waals surface area contributed by atoms with Gasteiger partial charge >= 0.3 is 0 Å². The van der Waals surface area contributed by atoms with Crippen molar-refractivity contribution in [3.63, 3.8) is 0 Å². The van der Waals surface area contributed by atoms with Gasteiger partial charge in [0.1, 0.15) is 6.07 Å². The maximum atomic E-state index is 9.01. The lowest BCUT2D eigenvalue weighted by atomic mass is 9.90. The molecule has 2 aliphatic rings. The second kappa shape index (κ2) is 2.74. The molecule has 1 fully saturated rings. The summed E-state index contributed by atoms with van der Waals surface area (Å²) < 4.78 is 0.148. The van der Waals surface area contributed by atoms with Crippen LogP contribution in [-0.4, -0.2) is 18.1 Å². The Balaban J connectivity index is 2.09. The number of thioether (sulfide) groups is 1. The third kappa shape index (κ3) is 0.943. The van der Waals surface area contributed by atoms with Crippen LogP contribution >= 0.6 is 23.1 Å². The molecule has 72 valence electrons. The van der Waals surface area contributed by atoms with Gasteiger partial charge in [-0.25, -0.2) is 5.01 Å². The van der Waals surface area contributed by atoms with Crippen molar-refractivity contribution in [2.24, 2.45) is 5.84 Å². The third-order valence-corrected chi connectivity index (χ3v) is 5.46. The Kier molecular flexibility index (Phi) is 1.71. The predicted octanol–water partition coefficient (Wildman–Crippen LogP) is 1.25. The van der Waals surface area contributed by atoms with Gasteiger partial charge in [-0.2, -0.15) is 5.26 Å². The van der Waals surface area contributed by atoms with E-state index < -0.39 is 0 Å². The molecule has 0 radical (unpaired) electrons. The molecular weight excluding hydrogens is 214 g/mol. The summed E-state index contributed by atoms with van der Waals surface area (Å²) in [5.41, 5.74) is 2.14. The van der Waals surface area contributed by atoms with Crippen molar-refractivity contribution in [3.8, 4) is 6.07 Å². The number of rotatable bonds is 0. The van der Waals surface area contributed by atoms with Crippen LogP contribution in [0.3, 0.4) is 0 Å². The maximum Gasteiger partial charge on any atom is 0.100 e. The van der Waals surface area contributed by atoms with Gasteiger partial charge in [0.25, 0.3) is 0 Å². The van der Waals surface area contributed by atoms with Gasteiger partial charge in [-0.1, -0.05) is 0 Å². The minimum atomic E-state index is 0.148. The average Bonchev–Trinajstić information content (AvgIpc) is 2.65. The van der Waals surface area contributed by atoms with E-state index in [1.54, 1.807) is 11.3 Å². The number of hydrogen-bond donors (Lipinski definition) is 1. The topological polar surface area (TPSA) is 53.0 Å². The molecule has 0 saturated carbocycles. The lowest BCUT2D eigenvalue weighted by molar-refractivity contribution is 0.130. The Labute approximate surface area is 90.5 Å². The van der Waals surface area contributed by atoms with Gasteiger partial charge in [-0.15, -0.1) is 23.1 Å². The second-order valence-corrected chi connectivity index (χ2v) is 6.07. The summed E-state index contributed by atoms with van der Waals surface area (Å²) in [6, 6.07) is 2.28. The van der Waals surface area contributed by atoms with Crippen LogP contribution in [0.25, 0.3) is 0 Å². The number of nitriles is 1. The number of hydrazine groups is 1. The van der Waals surface area contributed by atoms with Crippen LogP contribution in [0.2, 0.25) is 0 Å². The van der Waals surface area contributed by atoms with E-state index in [9.17, 15) is 0 Å². The van der Waals surface area contributed by atoms with Crippen LogP contribution in [0.5, 0.6) is 0 Å². The molecule has 2 aliphatic heterocycles. The maximum absolute atomic E-state index is 9.01. The number of hydrogen-bond acceptors (Lipinski definition) is 5. The van der Waals surface area contributed by atoms with Crippen molar-refractivity contribution in [1.82, 2.24) is 5.01 Å². The van der Waals surface area contributed by atoms with Crippen LogP contribution in [0.4, 0.5) is 0 Å². The van der Waals surface area contributed by atoms with Crippen LogP contribution < -0.4 is 5.84 Å². The molecule has 3 rings (SSSR count). The molecule has 1 aromatic heterocycles. The first-order valence-electron chi connectivity index (χ1n) is 4.40. The number of thiophene rings is 1. The van der Waals surface area contributed by atoms with E-state index in [0.717, 1.165) is 24.4 Å². The first-order chi connectivity index (χ1) is 6.75. The van der Waals surface area contributed by atoms with Gasteiger partial charge in [0.15, 0.2) is 0 Å². The van der Waals surface area contributed by atoms with E-state index >= 15 is 0 Å². The first kappa shape index (κ1) is 8.74. The van der Waals surface area contributed by atoms with E-state index in [1.165, 1.54) is 10.4 Å². The van der Waals surface area contributed by atoms with Gasteiger partial charge in [-0.05, 0) is 0 Å². The normalized spacial score (nSPS) is 23.1. The molecule has 2 N–H and O–H groups in total. The Bertz CT molecular complexity index is 426. The molecule has 0 bridgehead atoms. The van der Waals surface area contributed by atoms with Crippen molar-refractivity contribution < 1.29 is 0 Å². The fourth-order valence-electron chi connectivity index (χ4n) is 2.22. The molecular formula is C9H9N3S2. The lowest BCUT2D eigenvalue weighted by Gasteiger charge is -2.45. The van der Waals surface area contributed by atoms with Crippen LogP contribution in [-0.2, 0) is 10.5 Å². The highest BCUT2D eigenvalue weighted by Gasteiger charge is 2.50. The molecule has 0 aliphatic carbocycles. The van der Waals surface area contributed by atoms with Crippen LogP contribution in [0.1, 0.15) is 16.0 Å². The summed E-state index contributed by atoms with van der Waals surface area (Å²) in [6.45, 7) is 1.77. The average molecular weight is 223 g/mol. The van der Waals surface area contributed by atoms with E-state index in [2.05, 4.69) is 6.07 Å². The summed E-state index contributed by atoms with van der Waals surface area (Å²) in [4.78, 5) is 1.37. The van der Waals surface area contributed by atoms with Crippen molar-refractivity contribution in [3.05, 3.63) is 21.4 Å². The standard InChI is InChI=1S/C9H9N3S2/c10-1-6-2-13-7-3-14-9(8(6)7)4-12(11)5-9/h2H,3-5,11H2. The molecule has 14 heavy (non-hydrogen) atoms. The number of nitrogens with zero attached hydrogens (tertiary/aromatic N) is 2. The zero-order chi connectivity index (χ0) is 9.76. The van der Waals surface area contributed by atoms with Crippen LogP contribution in [0, 0.1) is 11.3 Å². The summed E-state index contributed by atoms with van der Waals surface area (Å²) >= 11 is 3.65. The monoisotopic (exact) mass is 223 g/mol. The van der Waals surface area contributed by atoms with Gasteiger partial charge < -0.3 is 0 Å². The molecule has 1 aromatic rings. The molecule has 0 amide bonds. The van der Waals surface area contributed by atoms with Crippen molar-refractivity contribution >= 4 is 23.1 Å². The van der Waals surface area contributed by atoms with Gasteiger partial charge in [-0.3, -0.25) is 5.84 Å². The molecule has 0 aromatic carbocycles. The van der Waals surface area contributed by atoms with Gasteiger partial charge in [0.2, 0.25) is 0 Å². The SMILES string of the molecule is N#Cc1csc2c1C1(CN(N)C1)SC2. The zero-order valence-electron chi connectivity index (χ0n) is 7.49. The highest BCUT2D eigenvalue weighted by molar-refractivity contribution is 8.00. The molecule has 0 atom stereocenters. The van der Waals surface area contributed by atoms with Crippen molar-refractivity contribution in [2.45, 2.75) is 10.5 Å². The minimum absolute atomic E-state index is 0.148. The molecule has 1 saturated heterocycles. The molecule has 0 unspecified atom stereocenters. The summed E-state index contributed by atoms with van der Waals surface area (Å²) in [7, 11) is 0. The minimum Gasteiger partial charge on any atom is -0.269 e. The second-order valence-electron chi connectivity index (χ2n) is 3.75. The Hall–Kier alpha value is -0.540. The molecule has 5 heteroatoms. The van der Waals surface area contributed by atoms with Crippen LogP contribution in [0.15, 0.2) is 5.38 Å².